The second kappa shape index (κ2) is 6.85. The standard InChI is InChI=1S/C12H15ClN2O5/c1-6(11(16)17)14-12(18)15-8-5-9(19-2)7(13)4-10(8)20-3/h4-6H,1-3H3,(H,16,17)(H2,14,15,18)/t6-/m1/s1. The zero-order chi connectivity index (χ0) is 15.3. The largest absolute Gasteiger partial charge is 0.495 e. The first-order valence-electron chi connectivity index (χ1n) is 5.60. The van der Waals surface area contributed by atoms with Crippen LogP contribution in [0.4, 0.5) is 10.5 Å². The summed E-state index contributed by atoms with van der Waals surface area (Å²) in [7, 11) is 2.85. The number of carboxylic acid groups (broad SMARTS) is 1. The maximum atomic E-state index is 11.7. The van der Waals surface area contributed by atoms with Gasteiger partial charge in [0.2, 0.25) is 0 Å². The highest BCUT2D eigenvalue weighted by Crippen LogP contribution is 2.35. The van der Waals surface area contributed by atoms with E-state index >= 15 is 0 Å². The fourth-order valence-electron chi connectivity index (χ4n) is 1.37. The number of anilines is 1. The zero-order valence-electron chi connectivity index (χ0n) is 11.2. The van der Waals surface area contributed by atoms with Crippen LogP contribution in [0.25, 0.3) is 0 Å². The summed E-state index contributed by atoms with van der Waals surface area (Å²) in [4.78, 5) is 22.3. The Hall–Kier alpha value is -2.15. The Kier molecular flexibility index (Phi) is 5.45. The molecule has 20 heavy (non-hydrogen) atoms. The van der Waals surface area contributed by atoms with Crippen LogP contribution in [-0.4, -0.2) is 37.4 Å². The lowest BCUT2D eigenvalue weighted by Gasteiger charge is -2.15. The summed E-state index contributed by atoms with van der Waals surface area (Å²) in [6.07, 6.45) is 0. The maximum Gasteiger partial charge on any atom is 0.325 e. The van der Waals surface area contributed by atoms with Crippen LogP contribution in [0.3, 0.4) is 0 Å². The van der Waals surface area contributed by atoms with Gasteiger partial charge in [-0.15, -0.1) is 0 Å². The number of hydrogen-bond acceptors (Lipinski definition) is 4. The first-order valence-corrected chi connectivity index (χ1v) is 5.98. The van der Waals surface area contributed by atoms with E-state index < -0.39 is 18.0 Å². The normalized spacial score (nSPS) is 11.4. The molecule has 0 saturated heterocycles. The lowest BCUT2D eigenvalue weighted by Crippen LogP contribution is -2.40. The Morgan fingerprint density at radius 1 is 1.25 bits per heavy atom. The van der Waals surface area contributed by atoms with Gasteiger partial charge in [-0.2, -0.15) is 0 Å². The number of urea groups is 1. The number of hydrogen-bond donors (Lipinski definition) is 3. The third kappa shape index (κ3) is 3.92. The molecule has 3 N–H and O–H groups in total. The monoisotopic (exact) mass is 302 g/mol. The second-order valence-corrected chi connectivity index (χ2v) is 4.25. The molecule has 0 spiro atoms. The predicted octanol–water partition coefficient (Wildman–Crippen LogP) is 1.95. The van der Waals surface area contributed by atoms with E-state index in [4.69, 9.17) is 26.2 Å². The smallest absolute Gasteiger partial charge is 0.325 e. The molecule has 0 radical (unpaired) electrons. The molecule has 110 valence electrons. The molecule has 1 aromatic rings. The lowest BCUT2D eigenvalue weighted by molar-refractivity contribution is -0.138. The number of carbonyl (C=O) groups excluding carboxylic acids is 1. The van der Waals surface area contributed by atoms with Crippen LogP contribution < -0.4 is 20.1 Å². The van der Waals surface area contributed by atoms with Gasteiger partial charge in [-0.1, -0.05) is 11.6 Å². The number of aliphatic carboxylic acids is 1. The molecule has 0 heterocycles. The van der Waals surface area contributed by atoms with Gasteiger partial charge in [-0.25, -0.2) is 4.79 Å². The Morgan fingerprint density at radius 3 is 2.35 bits per heavy atom. The van der Waals surface area contributed by atoms with E-state index in [1.54, 1.807) is 0 Å². The Morgan fingerprint density at radius 2 is 1.85 bits per heavy atom. The van der Waals surface area contributed by atoms with E-state index in [0.29, 0.717) is 22.2 Å². The summed E-state index contributed by atoms with van der Waals surface area (Å²) in [5.74, 6) is -0.455. The quantitative estimate of drug-likeness (QED) is 0.772. The molecule has 1 rings (SSSR count). The van der Waals surface area contributed by atoms with E-state index in [2.05, 4.69) is 10.6 Å². The molecule has 0 unspecified atom stereocenters. The highest BCUT2D eigenvalue weighted by Gasteiger charge is 2.16. The van der Waals surface area contributed by atoms with Crippen molar-refractivity contribution in [2.75, 3.05) is 19.5 Å². The van der Waals surface area contributed by atoms with Crippen LogP contribution >= 0.6 is 11.6 Å². The van der Waals surface area contributed by atoms with Crippen molar-refractivity contribution in [1.29, 1.82) is 0 Å². The van der Waals surface area contributed by atoms with Crippen LogP contribution in [-0.2, 0) is 4.79 Å². The first kappa shape index (κ1) is 15.9. The number of carbonyl (C=O) groups is 2. The first-order chi connectivity index (χ1) is 9.38. The number of amides is 2. The van der Waals surface area contributed by atoms with Gasteiger partial charge in [0.15, 0.2) is 0 Å². The Bertz CT molecular complexity index is 521. The van der Waals surface area contributed by atoms with Crippen LogP contribution in [0.2, 0.25) is 5.02 Å². The molecule has 1 aromatic carbocycles. The average molecular weight is 303 g/mol. The van der Waals surface area contributed by atoms with Crippen molar-refractivity contribution < 1.29 is 24.2 Å². The molecule has 7 nitrogen and oxygen atoms in total. The van der Waals surface area contributed by atoms with E-state index in [9.17, 15) is 9.59 Å². The van der Waals surface area contributed by atoms with Crippen molar-refractivity contribution in [1.82, 2.24) is 5.32 Å². The summed E-state index contributed by atoms with van der Waals surface area (Å²) >= 11 is 5.93. The number of benzene rings is 1. The second-order valence-electron chi connectivity index (χ2n) is 3.85. The fraction of sp³-hybridized carbons (Fsp3) is 0.333. The van der Waals surface area contributed by atoms with E-state index in [1.165, 1.54) is 33.3 Å². The van der Waals surface area contributed by atoms with Gasteiger partial charge in [0.1, 0.15) is 17.5 Å². The third-order valence-electron chi connectivity index (χ3n) is 2.44. The molecule has 8 heteroatoms. The molecular weight excluding hydrogens is 288 g/mol. The van der Waals surface area contributed by atoms with Crippen LogP contribution in [0.1, 0.15) is 6.92 Å². The molecular formula is C12H15ClN2O5. The van der Waals surface area contributed by atoms with Crippen LogP contribution in [0.15, 0.2) is 12.1 Å². The van der Waals surface area contributed by atoms with E-state index in [0.717, 1.165) is 0 Å². The summed E-state index contributed by atoms with van der Waals surface area (Å²) in [6, 6.07) is 1.26. The molecule has 2 amide bonds. The van der Waals surface area contributed by atoms with Crippen molar-refractivity contribution in [3.8, 4) is 11.5 Å². The van der Waals surface area contributed by atoms with Gasteiger partial charge in [0.25, 0.3) is 0 Å². The molecule has 0 aliphatic heterocycles. The van der Waals surface area contributed by atoms with Crippen LogP contribution in [0, 0.1) is 0 Å². The van der Waals surface area contributed by atoms with Crippen molar-refractivity contribution >= 4 is 29.3 Å². The van der Waals surface area contributed by atoms with Gasteiger partial charge in [0, 0.05) is 12.1 Å². The highest BCUT2D eigenvalue weighted by molar-refractivity contribution is 6.32. The zero-order valence-corrected chi connectivity index (χ0v) is 11.9. The van der Waals surface area contributed by atoms with Crippen LogP contribution in [0.5, 0.6) is 11.5 Å². The molecule has 0 saturated carbocycles. The molecule has 0 aromatic heterocycles. The summed E-state index contributed by atoms with van der Waals surface area (Å²) in [6.45, 7) is 1.35. The van der Waals surface area contributed by atoms with Crippen molar-refractivity contribution in [2.24, 2.45) is 0 Å². The number of nitrogens with one attached hydrogen (secondary N) is 2. The number of carboxylic acids is 1. The highest BCUT2D eigenvalue weighted by atomic mass is 35.5. The molecule has 0 aliphatic rings. The van der Waals surface area contributed by atoms with E-state index in [-0.39, 0.29) is 0 Å². The van der Waals surface area contributed by atoms with Crippen molar-refractivity contribution in [3.63, 3.8) is 0 Å². The summed E-state index contributed by atoms with van der Waals surface area (Å²) in [5, 5.41) is 13.8. The minimum atomic E-state index is -1.14. The SMILES string of the molecule is COc1cc(NC(=O)N[C@H](C)C(=O)O)c(OC)cc1Cl. The van der Waals surface area contributed by atoms with Crippen molar-refractivity contribution in [3.05, 3.63) is 17.2 Å². The maximum absolute atomic E-state index is 11.7. The molecule has 0 bridgehead atoms. The van der Waals surface area contributed by atoms with E-state index in [1.807, 2.05) is 0 Å². The number of halogens is 1. The topological polar surface area (TPSA) is 96.9 Å². The minimum Gasteiger partial charge on any atom is -0.495 e. The van der Waals surface area contributed by atoms with Gasteiger partial charge in [-0.3, -0.25) is 4.79 Å². The van der Waals surface area contributed by atoms with Gasteiger partial charge >= 0.3 is 12.0 Å². The van der Waals surface area contributed by atoms with Gasteiger partial charge in [-0.05, 0) is 6.92 Å². The number of rotatable bonds is 5. The molecule has 1 atom stereocenters. The Balaban J connectivity index is 2.90. The molecule has 0 fully saturated rings. The van der Waals surface area contributed by atoms with Gasteiger partial charge < -0.3 is 25.2 Å². The minimum absolute atomic E-state index is 0.309. The van der Waals surface area contributed by atoms with Crippen molar-refractivity contribution in [2.45, 2.75) is 13.0 Å². The summed E-state index contributed by atoms with van der Waals surface area (Å²) < 4.78 is 10.1. The number of ether oxygens (including phenoxy) is 2. The Labute approximate surface area is 120 Å². The number of methoxy groups -OCH3 is 2. The third-order valence-corrected chi connectivity index (χ3v) is 2.74. The molecule has 0 aliphatic carbocycles. The fourth-order valence-corrected chi connectivity index (χ4v) is 1.61. The average Bonchev–Trinajstić information content (AvgIpc) is 2.39. The predicted molar refractivity (Wildman–Crippen MR) is 73.8 cm³/mol. The lowest BCUT2D eigenvalue weighted by atomic mass is 10.2. The summed E-state index contributed by atoms with van der Waals surface area (Å²) in [5.41, 5.74) is 0.309. The van der Waals surface area contributed by atoms with Gasteiger partial charge in [0.05, 0.1) is 24.9 Å².